The van der Waals surface area contributed by atoms with E-state index in [9.17, 15) is 9.59 Å². The molecule has 0 saturated carbocycles. The molecule has 0 aliphatic carbocycles. The molecule has 1 aromatic rings. The summed E-state index contributed by atoms with van der Waals surface area (Å²) in [7, 11) is 0.428. The van der Waals surface area contributed by atoms with Crippen LogP contribution >= 0.6 is 8.58 Å². The second-order valence-corrected chi connectivity index (χ2v) is 8.76. The Hall–Kier alpha value is -1.09. The lowest BCUT2D eigenvalue weighted by Crippen LogP contribution is -2.54. The molecule has 0 radical (unpaired) electrons. The Morgan fingerprint density at radius 3 is 2.18 bits per heavy atom. The van der Waals surface area contributed by atoms with Crippen LogP contribution < -0.4 is 0 Å². The number of nitrogens with zero attached hydrogens (tertiary/aromatic N) is 2. The van der Waals surface area contributed by atoms with Crippen LogP contribution in [0.1, 0.15) is 62.4 Å². The minimum Gasteiger partial charge on any atom is -0.300 e. The van der Waals surface area contributed by atoms with Gasteiger partial charge in [0.05, 0.1) is 6.54 Å². The van der Waals surface area contributed by atoms with E-state index in [1.165, 1.54) is 31.2 Å². The van der Waals surface area contributed by atoms with Crippen molar-refractivity contribution in [3.05, 3.63) is 35.4 Å². The van der Waals surface area contributed by atoms with Crippen LogP contribution in [0.25, 0.3) is 0 Å². The van der Waals surface area contributed by atoms with Crippen molar-refractivity contribution in [1.29, 1.82) is 0 Å². The fourth-order valence-electron chi connectivity index (χ4n) is 4.33. The third kappa shape index (κ3) is 6.47. The molecule has 1 aromatic carbocycles. The highest BCUT2D eigenvalue weighted by Gasteiger charge is 2.39. The summed E-state index contributed by atoms with van der Waals surface area (Å²) in [6.45, 7) is 11.7. The number of aryl methyl sites for hydroxylation is 1. The predicted octanol–water partition coefficient (Wildman–Crippen LogP) is 4.22. The second-order valence-electron chi connectivity index (χ2n) is 7.70. The second kappa shape index (κ2) is 11.8. The van der Waals surface area contributed by atoms with Gasteiger partial charge in [0.2, 0.25) is 0 Å². The maximum Gasteiger partial charge on any atom is 0.164 e. The molecule has 2 heterocycles. The average molecular weight is 405 g/mol. The zero-order valence-electron chi connectivity index (χ0n) is 18.0. The molecule has 2 aliphatic rings. The number of unbranched alkanes of at least 4 members (excludes halogenated alkanes) is 1. The maximum atomic E-state index is 11.8. The Labute approximate surface area is 172 Å². The number of ketones is 1. The van der Waals surface area contributed by atoms with Gasteiger partial charge in [-0.3, -0.25) is 14.5 Å². The summed E-state index contributed by atoms with van der Waals surface area (Å²) >= 11 is 0. The molecule has 2 fully saturated rings. The maximum absolute atomic E-state index is 11.8. The van der Waals surface area contributed by atoms with Crippen LogP contribution in [0.3, 0.4) is 0 Å². The first-order valence-electron chi connectivity index (χ1n) is 10.9. The Morgan fingerprint density at radius 2 is 1.64 bits per heavy atom. The van der Waals surface area contributed by atoms with E-state index in [4.69, 9.17) is 0 Å². The van der Waals surface area contributed by atoms with Crippen LogP contribution in [0.2, 0.25) is 0 Å². The Balaban J connectivity index is 0.00000136. The van der Waals surface area contributed by atoms with Gasteiger partial charge < -0.3 is 4.90 Å². The van der Waals surface area contributed by atoms with E-state index in [0.717, 1.165) is 31.6 Å². The number of likely N-dealkylation sites (tertiary alicyclic amines) is 1. The summed E-state index contributed by atoms with van der Waals surface area (Å²) in [5, 5.41) is 0. The summed E-state index contributed by atoms with van der Waals surface area (Å²) < 4.78 is 0. The largest absolute Gasteiger partial charge is 0.300 e. The molecule has 2 saturated heterocycles. The quantitative estimate of drug-likeness (QED) is 0.351. The predicted molar refractivity (Wildman–Crippen MR) is 120 cm³/mol. The average Bonchev–Trinajstić information content (AvgIpc) is 2.94. The van der Waals surface area contributed by atoms with Crippen LogP contribution in [-0.4, -0.2) is 66.0 Å². The highest BCUT2D eigenvalue weighted by molar-refractivity contribution is 7.57. The van der Waals surface area contributed by atoms with Gasteiger partial charge in [-0.15, -0.1) is 0 Å². The highest BCUT2D eigenvalue weighted by Crippen LogP contribution is 2.30. The molecule has 2 aliphatic heterocycles. The number of rotatable bonds is 9. The van der Waals surface area contributed by atoms with Crippen molar-refractivity contribution >= 4 is 19.9 Å². The smallest absolute Gasteiger partial charge is 0.164 e. The minimum absolute atomic E-state index is 0.131. The van der Waals surface area contributed by atoms with E-state index in [1.54, 1.807) is 6.92 Å². The van der Waals surface area contributed by atoms with Crippen LogP contribution in [0, 0.1) is 0 Å². The molecular formula is C23H37N2O2P. The molecule has 3 atom stereocenters. The van der Waals surface area contributed by atoms with Gasteiger partial charge in [-0.05, 0) is 57.8 Å². The molecule has 0 N–H and O–H groups in total. The summed E-state index contributed by atoms with van der Waals surface area (Å²) in [5.41, 5.74) is 2.52. The number of benzene rings is 1. The number of hydrogen-bond donors (Lipinski definition) is 0. The Morgan fingerprint density at radius 1 is 1.04 bits per heavy atom. The van der Waals surface area contributed by atoms with Gasteiger partial charge in [0, 0.05) is 30.7 Å². The van der Waals surface area contributed by atoms with Crippen LogP contribution in [0.4, 0.5) is 0 Å². The molecular weight excluding hydrogens is 367 g/mol. The Kier molecular flexibility index (Phi) is 9.77. The number of Topliss-reactive ketones (excluding diaryl/α,β-unsaturated/α-hetero) is 1. The monoisotopic (exact) mass is 404 g/mol. The van der Waals surface area contributed by atoms with E-state index in [1.807, 2.05) is 32.6 Å². The minimum atomic E-state index is 0.131. The topological polar surface area (TPSA) is 40.6 Å². The number of piperazine rings is 1. The Bertz CT molecular complexity index is 618. The van der Waals surface area contributed by atoms with Crippen molar-refractivity contribution in [2.45, 2.75) is 65.0 Å². The molecule has 0 amide bonds. The van der Waals surface area contributed by atoms with Gasteiger partial charge in [-0.2, -0.15) is 0 Å². The van der Waals surface area contributed by atoms with E-state index in [-0.39, 0.29) is 5.78 Å². The third-order valence-electron chi connectivity index (χ3n) is 5.86. The molecule has 5 heteroatoms. The number of hydrogen-bond acceptors (Lipinski definition) is 4. The van der Waals surface area contributed by atoms with Crippen molar-refractivity contribution in [3.8, 4) is 0 Å². The lowest BCUT2D eigenvalue weighted by molar-refractivity contribution is -0.113. The number of fused-ring (bicyclic) bond motifs is 2. The molecule has 28 heavy (non-hydrogen) atoms. The SMILES string of the molecule is CC.CPC(=O)CN1C2CCC1CN(CCCCc1ccc(C(C)=O)cc1)C2. The van der Waals surface area contributed by atoms with Crippen molar-refractivity contribution in [3.63, 3.8) is 0 Å². The van der Waals surface area contributed by atoms with Gasteiger partial charge in [0.15, 0.2) is 11.3 Å². The molecule has 0 spiro atoms. The van der Waals surface area contributed by atoms with Gasteiger partial charge in [-0.25, -0.2) is 0 Å². The summed E-state index contributed by atoms with van der Waals surface area (Å²) in [4.78, 5) is 28.2. The van der Waals surface area contributed by atoms with Crippen molar-refractivity contribution in [1.82, 2.24) is 9.80 Å². The van der Waals surface area contributed by atoms with Gasteiger partial charge in [0.1, 0.15) is 0 Å². The van der Waals surface area contributed by atoms with Crippen LogP contribution in [0.5, 0.6) is 0 Å². The normalized spacial score (nSPS) is 22.3. The van der Waals surface area contributed by atoms with E-state index < -0.39 is 0 Å². The van der Waals surface area contributed by atoms with Crippen molar-refractivity contribution < 1.29 is 9.59 Å². The molecule has 3 unspecified atom stereocenters. The summed E-state index contributed by atoms with van der Waals surface area (Å²) in [5.74, 6) is 0.131. The molecule has 2 bridgehead atoms. The molecule has 0 aromatic heterocycles. The van der Waals surface area contributed by atoms with Crippen LogP contribution in [-0.2, 0) is 11.2 Å². The van der Waals surface area contributed by atoms with E-state index in [0.29, 0.717) is 32.7 Å². The summed E-state index contributed by atoms with van der Waals surface area (Å²) in [6.07, 6.45) is 5.98. The highest BCUT2D eigenvalue weighted by atomic mass is 31.1. The van der Waals surface area contributed by atoms with Crippen LogP contribution in [0.15, 0.2) is 24.3 Å². The van der Waals surface area contributed by atoms with E-state index in [2.05, 4.69) is 21.9 Å². The first-order chi connectivity index (χ1) is 13.6. The molecule has 4 nitrogen and oxygen atoms in total. The van der Waals surface area contributed by atoms with Gasteiger partial charge >= 0.3 is 0 Å². The lowest BCUT2D eigenvalue weighted by atomic mass is 10.0. The summed E-state index contributed by atoms with van der Waals surface area (Å²) in [6, 6.07) is 9.23. The van der Waals surface area contributed by atoms with Crippen molar-refractivity contribution in [2.75, 3.05) is 32.8 Å². The zero-order valence-corrected chi connectivity index (χ0v) is 19.0. The zero-order chi connectivity index (χ0) is 20.5. The fourth-order valence-corrected chi connectivity index (χ4v) is 4.67. The number of carbonyl (C=O) groups excluding carboxylic acids is 2. The van der Waals surface area contributed by atoms with Gasteiger partial charge in [-0.1, -0.05) is 46.7 Å². The van der Waals surface area contributed by atoms with E-state index >= 15 is 0 Å². The lowest BCUT2D eigenvalue weighted by Gasteiger charge is -2.40. The fraction of sp³-hybridized carbons (Fsp3) is 0.652. The third-order valence-corrected chi connectivity index (χ3v) is 6.58. The molecule has 3 rings (SSSR count). The first kappa shape index (κ1) is 23.2. The molecule has 156 valence electrons. The first-order valence-corrected chi connectivity index (χ1v) is 12.4. The van der Waals surface area contributed by atoms with Crippen molar-refractivity contribution in [2.24, 2.45) is 0 Å². The standard InChI is InChI=1S/C21H31N2O2P.C2H6/c1-16(24)18-8-6-17(7-9-18)5-3-4-12-22-13-19-10-11-20(14-22)23(19)15-21(25)26-2;1-2/h6-9,19-20,26H,3-5,10-15H2,1-2H3;1-2H3. The van der Waals surface area contributed by atoms with Gasteiger partial charge in [0.25, 0.3) is 0 Å². The number of carbonyl (C=O) groups is 2.